The molecule has 0 saturated carbocycles. The van der Waals surface area contributed by atoms with E-state index >= 15 is 0 Å². The Kier molecular flexibility index (Phi) is 6.52. The molecule has 1 amide bonds. The topological polar surface area (TPSA) is 83.3 Å². The molecular weight excluding hydrogens is 454 g/mol. The van der Waals surface area contributed by atoms with Crippen LogP contribution in [0.3, 0.4) is 0 Å². The third-order valence-electron chi connectivity index (χ3n) is 6.33. The highest BCUT2D eigenvalue weighted by Gasteiger charge is 2.19. The van der Waals surface area contributed by atoms with Crippen LogP contribution in [0.25, 0.3) is 16.3 Å². The maximum atomic E-state index is 13.4. The Labute approximate surface area is 201 Å². The molecule has 34 heavy (non-hydrogen) atoms. The van der Waals surface area contributed by atoms with Crippen molar-refractivity contribution in [2.24, 2.45) is 0 Å². The van der Waals surface area contributed by atoms with Gasteiger partial charge in [0, 0.05) is 65.5 Å². The molecule has 3 heterocycles. The highest BCUT2D eigenvalue weighted by Crippen LogP contribution is 2.27. The molecule has 1 saturated heterocycles. The predicted octanol–water partition coefficient (Wildman–Crippen LogP) is 2.73. The third-order valence-corrected chi connectivity index (χ3v) is 6.59. The number of halogens is 1. The Morgan fingerprint density at radius 1 is 1.03 bits per heavy atom. The van der Waals surface area contributed by atoms with Crippen molar-refractivity contribution >= 4 is 33.8 Å². The van der Waals surface area contributed by atoms with Gasteiger partial charge in [-0.05, 0) is 35.4 Å². The largest absolute Gasteiger partial charge is 0.392 e. The molecule has 0 atom stereocenters. The summed E-state index contributed by atoms with van der Waals surface area (Å²) in [5.74, 6) is -0.228. The van der Waals surface area contributed by atoms with Gasteiger partial charge in [-0.3, -0.25) is 14.5 Å². The number of hydrogen-bond donors (Lipinski definition) is 2. The predicted molar refractivity (Wildman–Crippen MR) is 131 cm³/mol. The average molecular weight is 480 g/mol. The van der Waals surface area contributed by atoms with Gasteiger partial charge in [-0.1, -0.05) is 23.7 Å². The number of carbonyl (C=O) groups is 1. The summed E-state index contributed by atoms with van der Waals surface area (Å²) in [6.07, 6.45) is 3.53. The van der Waals surface area contributed by atoms with Crippen molar-refractivity contribution in [3.05, 3.63) is 86.3 Å². The lowest BCUT2D eigenvalue weighted by Gasteiger charge is -2.26. The Hall–Kier alpha value is -2.97. The first-order valence-corrected chi connectivity index (χ1v) is 11.7. The Morgan fingerprint density at radius 3 is 2.47 bits per heavy atom. The fourth-order valence-corrected chi connectivity index (χ4v) is 4.72. The van der Waals surface area contributed by atoms with Gasteiger partial charge in [0.1, 0.15) is 0 Å². The van der Waals surface area contributed by atoms with Crippen LogP contribution in [0.1, 0.15) is 22.3 Å². The first-order valence-electron chi connectivity index (χ1n) is 11.4. The number of aliphatic hydroxyl groups is 1. The highest BCUT2D eigenvalue weighted by molar-refractivity contribution is 6.30. The van der Waals surface area contributed by atoms with Crippen LogP contribution in [0.2, 0.25) is 5.02 Å². The maximum Gasteiger partial charge on any atom is 0.224 e. The number of nitrogens with one attached hydrogen (secondary N) is 1. The van der Waals surface area contributed by atoms with Crippen LogP contribution in [-0.4, -0.2) is 46.6 Å². The molecule has 1 fully saturated rings. The standard InChI is InChI=1S/C26H26ClN3O4/c27-21-3-1-17(2-4-21)12-28-24(32)11-19-14-30-15-20(16-31)22-9-18(10-23(25(22)30)26(19)33)13-29-5-7-34-8-6-29/h1-4,9-10,14-15,31H,5-8,11-13,16H2,(H,28,32). The van der Waals surface area contributed by atoms with Crippen molar-refractivity contribution in [1.82, 2.24) is 14.6 Å². The first kappa shape index (κ1) is 22.8. The van der Waals surface area contributed by atoms with E-state index in [0.717, 1.165) is 40.7 Å². The summed E-state index contributed by atoms with van der Waals surface area (Å²) in [4.78, 5) is 28.4. The van der Waals surface area contributed by atoms with E-state index in [1.54, 1.807) is 18.3 Å². The molecule has 1 aliphatic heterocycles. The van der Waals surface area contributed by atoms with Crippen molar-refractivity contribution in [2.45, 2.75) is 26.1 Å². The van der Waals surface area contributed by atoms with E-state index in [1.807, 2.05) is 28.8 Å². The van der Waals surface area contributed by atoms with E-state index in [-0.39, 0.29) is 24.4 Å². The molecule has 0 spiro atoms. The summed E-state index contributed by atoms with van der Waals surface area (Å²) in [5.41, 5.74) is 3.76. The highest BCUT2D eigenvalue weighted by atomic mass is 35.5. The van der Waals surface area contributed by atoms with Gasteiger partial charge in [-0.25, -0.2) is 0 Å². The van der Waals surface area contributed by atoms with Gasteiger partial charge in [0.25, 0.3) is 0 Å². The molecule has 4 aromatic rings. The number of aromatic nitrogens is 1. The van der Waals surface area contributed by atoms with E-state index in [9.17, 15) is 14.7 Å². The summed E-state index contributed by atoms with van der Waals surface area (Å²) in [6, 6.07) is 11.2. The summed E-state index contributed by atoms with van der Waals surface area (Å²) >= 11 is 5.91. The summed E-state index contributed by atoms with van der Waals surface area (Å²) in [7, 11) is 0. The van der Waals surface area contributed by atoms with Crippen LogP contribution >= 0.6 is 11.6 Å². The zero-order valence-corrected chi connectivity index (χ0v) is 19.5. The Morgan fingerprint density at radius 2 is 1.74 bits per heavy atom. The molecule has 2 N–H and O–H groups in total. The lowest BCUT2D eigenvalue weighted by atomic mass is 10.0. The monoisotopic (exact) mass is 479 g/mol. The van der Waals surface area contributed by atoms with Crippen molar-refractivity contribution in [1.29, 1.82) is 0 Å². The molecule has 0 bridgehead atoms. The van der Waals surface area contributed by atoms with Gasteiger partial charge in [0.15, 0.2) is 5.43 Å². The second kappa shape index (κ2) is 9.72. The molecule has 8 heteroatoms. The van der Waals surface area contributed by atoms with Crippen molar-refractivity contribution in [2.75, 3.05) is 26.3 Å². The van der Waals surface area contributed by atoms with Gasteiger partial charge in [-0.15, -0.1) is 0 Å². The number of pyridine rings is 1. The van der Waals surface area contributed by atoms with Crippen molar-refractivity contribution < 1.29 is 14.6 Å². The van der Waals surface area contributed by atoms with Crippen LogP contribution < -0.4 is 10.7 Å². The van der Waals surface area contributed by atoms with Gasteiger partial charge in [0.2, 0.25) is 5.91 Å². The molecule has 0 unspecified atom stereocenters. The maximum absolute atomic E-state index is 13.4. The normalized spacial score (nSPS) is 14.8. The number of benzene rings is 2. The fourth-order valence-electron chi connectivity index (χ4n) is 4.59. The molecule has 2 aromatic heterocycles. The average Bonchev–Trinajstić information content (AvgIpc) is 3.20. The molecule has 2 aromatic carbocycles. The van der Waals surface area contributed by atoms with Gasteiger partial charge >= 0.3 is 0 Å². The number of hydrogen-bond acceptors (Lipinski definition) is 5. The number of rotatable bonds is 7. The fraction of sp³-hybridized carbons (Fsp3) is 0.308. The van der Waals surface area contributed by atoms with E-state index in [2.05, 4.69) is 16.3 Å². The van der Waals surface area contributed by atoms with E-state index in [1.165, 1.54) is 0 Å². The number of amides is 1. The number of morpholine rings is 1. The van der Waals surface area contributed by atoms with E-state index in [0.29, 0.717) is 42.3 Å². The Bertz CT molecular complexity index is 1380. The first-order chi connectivity index (χ1) is 16.5. The minimum Gasteiger partial charge on any atom is -0.392 e. The van der Waals surface area contributed by atoms with Crippen LogP contribution in [0.4, 0.5) is 0 Å². The molecule has 176 valence electrons. The zero-order chi connectivity index (χ0) is 23.7. The number of nitrogens with zero attached hydrogens (tertiary/aromatic N) is 2. The van der Waals surface area contributed by atoms with E-state index in [4.69, 9.17) is 16.3 Å². The summed E-state index contributed by atoms with van der Waals surface area (Å²) in [5, 5.41) is 14.9. The minimum atomic E-state index is -0.228. The smallest absolute Gasteiger partial charge is 0.224 e. The van der Waals surface area contributed by atoms with Gasteiger partial charge in [-0.2, -0.15) is 0 Å². The SMILES string of the molecule is O=C(Cc1cn2cc(CO)c3cc(CN4CCOCC4)cc(c1=O)c32)NCc1ccc(Cl)cc1. The third kappa shape index (κ3) is 4.65. The molecule has 0 radical (unpaired) electrons. The van der Waals surface area contributed by atoms with E-state index < -0.39 is 0 Å². The van der Waals surface area contributed by atoms with Crippen LogP contribution in [0.15, 0.2) is 53.6 Å². The zero-order valence-electron chi connectivity index (χ0n) is 18.7. The second-order valence-electron chi connectivity index (χ2n) is 8.71. The van der Waals surface area contributed by atoms with Gasteiger partial charge < -0.3 is 19.6 Å². The molecular formula is C26H26ClN3O4. The number of aliphatic hydroxyl groups excluding tert-OH is 1. The minimum absolute atomic E-state index is 0.0202. The van der Waals surface area contributed by atoms with Crippen molar-refractivity contribution in [3.8, 4) is 0 Å². The number of carbonyl (C=O) groups excluding carboxylic acids is 1. The molecule has 7 nitrogen and oxygen atoms in total. The molecule has 0 aliphatic carbocycles. The second-order valence-corrected chi connectivity index (χ2v) is 9.15. The van der Waals surface area contributed by atoms with Gasteiger partial charge in [0.05, 0.1) is 31.8 Å². The Balaban J connectivity index is 1.44. The molecule has 5 rings (SSSR count). The summed E-state index contributed by atoms with van der Waals surface area (Å²) in [6.45, 7) is 4.02. The number of ether oxygens (including phenoxy) is 1. The summed E-state index contributed by atoms with van der Waals surface area (Å²) < 4.78 is 7.30. The quantitative estimate of drug-likeness (QED) is 0.426. The van der Waals surface area contributed by atoms with Crippen molar-refractivity contribution in [3.63, 3.8) is 0 Å². The van der Waals surface area contributed by atoms with Crippen LogP contribution in [0.5, 0.6) is 0 Å². The lowest BCUT2D eigenvalue weighted by Crippen LogP contribution is -2.35. The van der Waals surface area contributed by atoms with Crippen LogP contribution in [0, 0.1) is 0 Å². The lowest BCUT2D eigenvalue weighted by molar-refractivity contribution is -0.120. The molecule has 1 aliphatic rings. The van der Waals surface area contributed by atoms with Crippen LogP contribution in [-0.2, 0) is 35.6 Å².